The summed E-state index contributed by atoms with van der Waals surface area (Å²) in [7, 11) is 0. The molecule has 0 saturated carbocycles. The second-order valence-electron chi connectivity index (χ2n) is 14.9. The Morgan fingerprint density at radius 2 is 0.950 bits per heavy atom. The fraction of sp³-hybridized carbons (Fsp3) is 0. The quantitative estimate of drug-likeness (QED) is 0.168. The van der Waals surface area contributed by atoms with E-state index in [0.29, 0.717) is 23.3 Å². The Kier molecular flexibility index (Phi) is 7.92. The number of aromatic nitrogens is 6. The predicted molar refractivity (Wildman–Crippen MR) is 247 cm³/mol. The lowest BCUT2D eigenvalue weighted by atomic mass is 10.0. The van der Waals surface area contributed by atoms with Crippen molar-refractivity contribution in [2.45, 2.75) is 0 Å². The average molecular weight is 785 g/mol. The number of rotatable bonds is 6. The molecule has 280 valence electrons. The zero-order chi connectivity index (χ0) is 39.6. The van der Waals surface area contributed by atoms with Gasteiger partial charge in [-0.05, 0) is 42.5 Å². The largest absolute Gasteiger partial charge is 0.309 e. The summed E-state index contributed by atoms with van der Waals surface area (Å²) in [6.07, 6.45) is 0. The van der Waals surface area contributed by atoms with Crippen LogP contribution in [0.25, 0.3) is 115 Å². The molecule has 4 aromatic heterocycles. The van der Waals surface area contributed by atoms with E-state index in [4.69, 9.17) is 24.9 Å². The van der Waals surface area contributed by atoms with Gasteiger partial charge in [0.2, 0.25) is 0 Å². The fourth-order valence-corrected chi connectivity index (χ4v) is 9.65. The third kappa shape index (κ3) is 5.67. The molecule has 0 spiro atoms. The number of fused-ring (bicyclic) bond motifs is 7. The summed E-state index contributed by atoms with van der Waals surface area (Å²) >= 11 is 1.76. The van der Waals surface area contributed by atoms with E-state index >= 15 is 0 Å². The summed E-state index contributed by atoms with van der Waals surface area (Å²) in [5.41, 5.74) is 10.1. The second-order valence-corrected chi connectivity index (χ2v) is 15.9. The lowest BCUT2D eigenvalue weighted by molar-refractivity contribution is 1.08. The van der Waals surface area contributed by atoms with Crippen LogP contribution in [-0.4, -0.2) is 29.5 Å². The Balaban J connectivity index is 1.01. The normalized spacial score (nSPS) is 11.7. The van der Waals surface area contributed by atoms with Gasteiger partial charge in [0.05, 0.1) is 22.2 Å². The highest BCUT2D eigenvalue weighted by molar-refractivity contribution is 7.26. The van der Waals surface area contributed by atoms with Crippen molar-refractivity contribution in [1.82, 2.24) is 29.5 Å². The molecule has 12 aromatic rings. The molecule has 0 unspecified atom stereocenters. The standard InChI is InChI=1S/C53H32N6S/c1-4-15-33(16-5-1)50-56-51(34-17-6-2-7-18-34)58-53(57-50)42-23-14-26-46-48(42)41-30-28-36(32-47(41)60-46)52-54-43-24-12-10-22-40(43)49(55-52)35-27-29-39-38-21-11-13-25-44(38)59(45(39)31-35)37-19-8-3-9-20-37/h1-32H. The molecule has 0 fully saturated rings. The van der Waals surface area contributed by atoms with Crippen LogP contribution in [0.1, 0.15) is 0 Å². The molecule has 0 bridgehead atoms. The smallest absolute Gasteiger partial charge is 0.164 e. The third-order valence-corrected chi connectivity index (χ3v) is 12.4. The van der Waals surface area contributed by atoms with Gasteiger partial charge in [-0.2, -0.15) is 0 Å². The van der Waals surface area contributed by atoms with Crippen molar-refractivity contribution >= 4 is 64.2 Å². The topological polar surface area (TPSA) is 69.4 Å². The molecule has 0 radical (unpaired) electrons. The van der Waals surface area contributed by atoms with Crippen molar-refractivity contribution in [3.63, 3.8) is 0 Å². The predicted octanol–water partition coefficient (Wildman–Crippen LogP) is 13.6. The molecule has 6 nitrogen and oxygen atoms in total. The minimum absolute atomic E-state index is 0.642. The van der Waals surface area contributed by atoms with E-state index < -0.39 is 0 Å². The van der Waals surface area contributed by atoms with E-state index in [2.05, 4.69) is 132 Å². The number of hydrogen-bond donors (Lipinski definition) is 0. The first-order chi connectivity index (χ1) is 29.7. The van der Waals surface area contributed by atoms with E-state index in [9.17, 15) is 0 Å². The van der Waals surface area contributed by atoms with Crippen LogP contribution >= 0.6 is 11.3 Å². The summed E-state index contributed by atoms with van der Waals surface area (Å²) < 4.78 is 4.65. The molecule has 0 amide bonds. The van der Waals surface area contributed by atoms with Crippen LogP contribution in [0.5, 0.6) is 0 Å². The molecule has 12 rings (SSSR count). The van der Waals surface area contributed by atoms with Gasteiger partial charge in [0, 0.05) is 69.8 Å². The Morgan fingerprint density at radius 3 is 1.72 bits per heavy atom. The van der Waals surface area contributed by atoms with Crippen molar-refractivity contribution in [1.29, 1.82) is 0 Å². The highest BCUT2D eigenvalue weighted by Crippen LogP contribution is 2.42. The summed E-state index contributed by atoms with van der Waals surface area (Å²) in [6, 6.07) is 67.4. The van der Waals surface area contributed by atoms with Crippen LogP contribution in [0.15, 0.2) is 194 Å². The molecule has 8 aromatic carbocycles. The molecule has 0 aliphatic carbocycles. The summed E-state index contributed by atoms with van der Waals surface area (Å²) in [5, 5.41) is 5.70. The van der Waals surface area contributed by atoms with Gasteiger partial charge in [0.15, 0.2) is 23.3 Å². The van der Waals surface area contributed by atoms with Gasteiger partial charge >= 0.3 is 0 Å². The number of benzene rings is 8. The van der Waals surface area contributed by atoms with Crippen molar-refractivity contribution in [2.75, 3.05) is 0 Å². The monoisotopic (exact) mass is 784 g/mol. The Labute approximate surface area is 348 Å². The molecular formula is C53H32N6S. The zero-order valence-electron chi connectivity index (χ0n) is 32.1. The summed E-state index contributed by atoms with van der Waals surface area (Å²) in [5.74, 6) is 2.61. The first-order valence-electron chi connectivity index (χ1n) is 19.9. The lowest BCUT2D eigenvalue weighted by Crippen LogP contribution is -2.00. The summed E-state index contributed by atoms with van der Waals surface area (Å²) in [4.78, 5) is 25.6. The second kappa shape index (κ2) is 13.9. The maximum absolute atomic E-state index is 5.36. The van der Waals surface area contributed by atoms with Gasteiger partial charge in [0.25, 0.3) is 0 Å². The van der Waals surface area contributed by atoms with Crippen LogP contribution < -0.4 is 0 Å². The number of thiophene rings is 1. The molecular weight excluding hydrogens is 753 g/mol. The highest BCUT2D eigenvalue weighted by atomic mass is 32.1. The van der Waals surface area contributed by atoms with Gasteiger partial charge in [-0.3, -0.25) is 0 Å². The van der Waals surface area contributed by atoms with Gasteiger partial charge < -0.3 is 4.57 Å². The highest BCUT2D eigenvalue weighted by Gasteiger charge is 2.20. The van der Waals surface area contributed by atoms with Crippen LogP contribution in [0.2, 0.25) is 0 Å². The van der Waals surface area contributed by atoms with Gasteiger partial charge in [-0.15, -0.1) is 11.3 Å². The van der Waals surface area contributed by atoms with Crippen molar-refractivity contribution in [2.24, 2.45) is 0 Å². The van der Waals surface area contributed by atoms with Crippen molar-refractivity contribution in [3.05, 3.63) is 194 Å². The van der Waals surface area contributed by atoms with Gasteiger partial charge in [-0.1, -0.05) is 152 Å². The van der Waals surface area contributed by atoms with E-state index in [1.807, 2.05) is 66.7 Å². The van der Waals surface area contributed by atoms with E-state index in [-0.39, 0.29) is 0 Å². The first kappa shape index (κ1) is 34.2. The van der Waals surface area contributed by atoms with Gasteiger partial charge in [-0.25, -0.2) is 24.9 Å². The SMILES string of the molecule is c1ccc(-c2nc(-c3ccccc3)nc(-c3cccc4sc5cc(-c6nc(-c7ccc8c9ccccc9n(-c9ccccc9)c8c7)c7ccccc7n6)ccc5c34)n2)cc1. The molecule has 4 heterocycles. The van der Waals surface area contributed by atoms with Crippen molar-refractivity contribution in [3.8, 4) is 62.5 Å². The maximum Gasteiger partial charge on any atom is 0.164 e. The molecule has 0 N–H and O–H groups in total. The maximum atomic E-state index is 5.36. The van der Waals surface area contributed by atoms with Crippen LogP contribution in [-0.2, 0) is 0 Å². The van der Waals surface area contributed by atoms with E-state index in [0.717, 1.165) is 75.8 Å². The molecule has 0 saturated heterocycles. The molecule has 60 heavy (non-hydrogen) atoms. The van der Waals surface area contributed by atoms with Crippen LogP contribution in [0.4, 0.5) is 0 Å². The number of hydrogen-bond acceptors (Lipinski definition) is 6. The molecule has 0 aliphatic rings. The number of nitrogens with zero attached hydrogens (tertiary/aromatic N) is 6. The van der Waals surface area contributed by atoms with E-state index in [1.165, 1.54) is 16.3 Å². The molecule has 0 aliphatic heterocycles. The first-order valence-corrected chi connectivity index (χ1v) is 20.7. The number of para-hydroxylation sites is 3. The minimum Gasteiger partial charge on any atom is -0.309 e. The Hall–Kier alpha value is -7.87. The Morgan fingerprint density at radius 1 is 0.350 bits per heavy atom. The molecule has 7 heteroatoms. The third-order valence-electron chi connectivity index (χ3n) is 11.3. The fourth-order valence-electron chi connectivity index (χ4n) is 8.48. The zero-order valence-corrected chi connectivity index (χ0v) is 32.9. The average Bonchev–Trinajstić information content (AvgIpc) is 3.87. The van der Waals surface area contributed by atoms with Crippen LogP contribution in [0, 0.1) is 0 Å². The van der Waals surface area contributed by atoms with Gasteiger partial charge in [0.1, 0.15) is 0 Å². The minimum atomic E-state index is 0.642. The molecule has 0 atom stereocenters. The van der Waals surface area contributed by atoms with E-state index in [1.54, 1.807) is 11.3 Å². The lowest BCUT2D eigenvalue weighted by Gasteiger charge is -2.11. The summed E-state index contributed by atoms with van der Waals surface area (Å²) in [6.45, 7) is 0. The Bertz CT molecular complexity index is 3540. The van der Waals surface area contributed by atoms with Crippen LogP contribution in [0.3, 0.4) is 0 Å². The van der Waals surface area contributed by atoms with Crippen molar-refractivity contribution < 1.29 is 0 Å².